The highest BCUT2D eigenvalue weighted by Crippen LogP contribution is 2.45. The fraction of sp³-hybridized carbons (Fsp3) is 0.143. The lowest BCUT2D eigenvalue weighted by Gasteiger charge is -2.10. The van der Waals surface area contributed by atoms with E-state index in [4.69, 9.17) is 34.8 Å². The highest BCUT2D eigenvalue weighted by Gasteiger charge is 2.38. The first kappa shape index (κ1) is 13.3. The first-order valence-electron chi connectivity index (χ1n) is 3.55. The Balaban J connectivity index is 3.64. The third kappa shape index (κ3) is 2.34. The Morgan fingerprint density at radius 2 is 1.69 bits per heavy atom. The molecule has 0 saturated heterocycles. The number of nitro groups is 1. The maximum atomic E-state index is 12.4. The maximum absolute atomic E-state index is 12.4. The SMILES string of the molecule is O=[N+]([O-])c1c(Cl)c(Cl)cc(C(F)(F)F)c1Cl. The summed E-state index contributed by atoms with van der Waals surface area (Å²) in [5.41, 5.74) is -2.45. The molecule has 0 fully saturated rings. The van der Waals surface area contributed by atoms with Gasteiger partial charge in [0.1, 0.15) is 10.0 Å². The van der Waals surface area contributed by atoms with Crippen LogP contribution in [0.25, 0.3) is 0 Å². The molecular weight excluding hydrogens is 293 g/mol. The van der Waals surface area contributed by atoms with Crippen molar-refractivity contribution >= 4 is 40.5 Å². The summed E-state index contributed by atoms with van der Waals surface area (Å²) in [5.74, 6) is 0. The van der Waals surface area contributed by atoms with Gasteiger partial charge >= 0.3 is 11.9 Å². The number of hydrogen-bond donors (Lipinski definition) is 0. The van der Waals surface area contributed by atoms with Crippen LogP contribution in [0.5, 0.6) is 0 Å². The largest absolute Gasteiger partial charge is 0.418 e. The van der Waals surface area contributed by atoms with Crippen molar-refractivity contribution in [2.45, 2.75) is 6.18 Å². The van der Waals surface area contributed by atoms with E-state index in [1.165, 1.54) is 0 Å². The van der Waals surface area contributed by atoms with Crippen LogP contribution in [0.1, 0.15) is 5.56 Å². The molecule has 16 heavy (non-hydrogen) atoms. The molecule has 0 radical (unpaired) electrons. The predicted octanol–water partition coefficient (Wildman–Crippen LogP) is 4.57. The summed E-state index contributed by atoms with van der Waals surface area (Å²) in [5, 5.41) is 8.21. The van der Waals surface area contributed by atoms with E-state index in [1.807, 2.05) is 0 Å². The molecule has 0 N–H and O–H groups in total. The fourth-order valence-electron chi connectivity index (χ4n) is 0.957. The number of hydrogen-bond acceptors (Lipinski definition) is 2. The molecular formula is C7HCl3F3NO2. The smallest absolute Gasteiger partial charge is 0.258 e. The molecule has 0 atom stereocenters. The van der Waals surface area contributed by atoms with E-state index in [9.17, 15) is 23.3 Å². The molecule has 0 aliphatic rings. The molecule has 0 amide bonds. The molecule has 0 aliphatic carbocycles. The zero-order chi connectivity index (χ0) is 12.7. The quantitative estimate of drug-likeness (QED) is 0.432. The van der Waals surface area contributed by atoms with Crippen molar-refractivity contribution < 1.29 is 18.1 Å². The highest BCUT2D eigenvalue weighted by molar-refractivity contribution is 6.45. The summed E-state index contributed by atoms with van der Waals surface area (Å²) < 4.78 is 37.2. The minimum atomic E-state index is -4.84. The van der Waals surface area contributed by atoms with Crippen LogP contribution >= 0.6 is 34.8 Å². The Morgan fingerprint density at radius 1 is 1.19 bits per heavy atom. The van der Waals surface area contributed by atoms with Crippen LogP contribution in [0, 0.1) is 10.1 Å². The van der Waals surface area contributed by atoms with Crippen molar-refractivity contribution in [2.24, 2.45) is 0 Å². The van der Waals surface area contributed by atoms with Gasteiger partial charge in [0.05, 0.1) is 15.5 Å². The van der Waals surface area contributed by atoms with Crippen LogP contribution < -0.4 is 0 Å². The van der Waals surface area contributed by atoms with E-state index in [1.54, 1.807) is 0 Å². The van der Waals surface area contributed by atoms with E-state index >= 15 is 0 Å². The van der Waals surface area contributed by atoms with Crippen LogP contribution in [0.15, 0.2) is 6.07 Å². The normalized spacial score (nSPS) is 11.6. The van der Waals surface area contributed by atoms with Gasteiger partial charge in [-0.05, 0) is 6.07 Å². The van der Waals surface area contributed by atoms with Crippen molar-refractivity contribution in [3.63, 3.8) is 0 Å². The lowest BCUT2D eigenvalue weighted by atomic mass is 10.2. The van der Waals surface area contributed by atoms with Crippen molar-refractivity contribution in [3.05, 3.63) is 36.8 Å². The number of benzene rings is 1. The molecule has 0 aliphatic heterocycles. The van der Waals surface area contributed by atoms with Gasteiger partial charge in [-0.2, -0.15) is 13.2 Å². The molecule has 0 bridgehead atoms. The summed E-state index contributed by atoms with van der Waals surface area (Å²) >= 11 is 16.0. The van der Waals surface area contributed by atoms with Crippen molar-refractivity contribution in [1.82, 2.24) is 0 Å². The molecule has 9 heteroatoms. The van der Waals surface area contributed by atoms with Gasteiger partial charge in [0.15, 0.2) is 0 Å². The monoisotopic (exact) mass is 293 g/mol. The van der Waals surface area contributed by atoms with Gasteiger partial charge in [-0.1, -0.05) is 34.8 Å². The van der Waals surface area contributed by atoms with Gasteiger partial charge in [0, 0.05) is 0 Å². The fourth-order valence-corrected chi connectivity index (χ4v) is 1.75. The Kier molecular flexibility index (Phi) is 3.56. The Bertz CT molecular complexity index is 461. The van der Waals surface area contributed by atoms with Crippen molar-refractivity contribution in [3.8, 4) is 0 Å². The minimum absolute atomic E-state index is 0.444. The summed E-state index contributed by atoms with van der Waals surface area (Å²) in [4.78, 5) is 9.37. The van der Waals surface area contributed by atoms with E-state index in [0.29, 0.717) is 6.07 Å². The van der Waals surface area contributed by atoms with Crippen LogP contribution in [-0.4, -0.2) is 4.92 Å². The van der Waals surface area contributed by atoms with Gasteiger partial charge < -0.3 is 0 Å². The molecule has 3 nitrogen and oxygen atoms in total. The third-order valence-electron chi connectivity index (χ3n) is 1.62. The van der Waals surface area contributed by atoms with Crippen molar-refractivity contribution in [1.29, 1.82) is 0 Å². The van der Waals surface area contributed by atoms with Gasteiger partial charge in [-0.25, -0.2) is 0 Å². The highest BCUT2D eigenvalue weighted by atomic mass is 35.5. The molecule has 0 spiro atoms. The van der Waals surface area contributed by atoms with E-state index in [2.05, 4.69) is 0 Å². The van der Waals surface area contributed by atoms with Crippen molar-refractivity contribution in [2.75, 3.05) is 0 Å². The lowest BCUT2D eigenvalue weighted by molar-refractivity contribution is -0.384. The summed E-state index contributed by atoms with van der Waals surface area (Å²) in [7, 11) is 0. The standard InChI is InChI=1S/C7HCl3F3NO2/c8-3-1-2(7(11,12)13)4(9)6(5(3)10)14(15)16/h1H. The number of rotatable bonds is 1. The average Bonchev–Trinajstić information content (AvgIpc) is 2.09. The molecule has 1 aromatic rings. The van der Waals surface area contributed by atoms with Gasteiger partial charge in [-0.3, -0.25) is 10.1 Å². The topological polar surface area (TPSA) is 43.1 Å². The van der Waals surface area contributed by atoms with E-state index < -0.39 is 37.4 Å². The number of alkyl halides is 3. The zero-order valence-electron chi connectivity index (χ0n) is 7.11. The van der Waals surface area contributed by atoms with E-state index in [-0.39, 0.29) is 0 Å². The Labute approximate surface area is 102 Å². The molecule has 0 unspecified atom stereocenters. The lowest BCUT2D eigenvalue weighted by Crippen LogP contribution is -2.07. The first-order valence-corrected chi connectivity index (χ1v) is 4.68. The maximum Gasteiger partial charge on any atom is 0.418 e. The second-order valence-electron chi connectivity index (χ2n) is 2.64. The number of halogens is 6. The van der Waals surface area contributed by atoms with E-state index in [0.717, 1.165) is 0 Å². The first-order chi connectivity index (χ1) is 7.16. The van der Waals surface area contributed by atoms with Crippen LogP contribution in [-0.2, 0) is 6.18 Å². The predicted molar refractivity (Wildman–Crippen MR) is 53.1 cm³/mol. The summed E-state index contributed by atoms with van der Waals surface area (Å²) in [6.45, 7) is 0. The minimum Gasteiger partial charge on any atom is -0.258 e. The molecule has 0 heterocycles. The second-order valence-corrected chi connectivity index (χ2v) is 3.80. The Hall–Kier alpha value is -0.720. The zero-order valence-corrected chi connectivity index (χ0v) is 9.38. The summed E-state index contributed by atoms with van der Waals surface area (Å²) in [6.07, 6.45) is -4.84. The molecule has 1 rings (SSSR count). The Morgan fingerprint density at radius 3 is 2.06 bits per heavy atom. The average molecular weight is 294 g/mol. The van der Waals surface area contributed by atoms with Gasteiger partial charge in [0.25, 0.3) is 0 Å². The van der Waals surface area contributed by atoms with Gasteiger partial charge in [-0.15, -0.1) is 0 Å². The second kappa shape index (κ2) is 4.27. The van der Waals surface area contributed by atoms with Crippen LogP contribution in [0.2, 0.25) is 15.1 Å². The number of nitro benzene ring substituents is 1. The number of nitrogens with zero attached hydrogens (tertiary/aromatic N) is 1. The molecule has 1 aromatic carbocycles. The third-order valence-corrected chi connectivity index (χ3v) is 2.78. The van der Waals surface area contributed by atoms with Crippen LogP contribution in [0.4, 0.5) is 18.9 Å². The molecule has 0 aromatic heterocycles. The molecule has 88 valence electrons. The molecule has 0 saturated carbocycles. The summed E-state index contributed by atoms with van der Waals surface area (Å²) in [6, 6.07) is 0.444. The van der Waals surface area contributed by atoms with Gasteiger partial charge in [0.2, 0.25) is 0 Å². The van der Waals surface area contributed by atoms with Crippen LogP contribution in [0.3, 0.4) is 0 Å².